The van der Waals surface area contributed by atoms with E-state index in [2.05, 4.69) is 12.0 Å². The van der Waals surface area contributed by atoms with Crippen molar-refractivity contribution in [1.29, 1.82) is 0 Å². The van der Waals surface area contributed by atoms with Crippen LogP contribution in [0, 0.1) is 5.92 Å². The molecule has 1 aromatic rings. The first kappa shape index (κ1) is 14.5. The summed E-state index contributed by atoms with van der Waals surface area (Å²) >= 11 is 0. The van der Waals surface area contributed by atoms with Gasteiger partial charge in [0.2, 0.25) is 0 Å². The summed E-state index contributed by atoms with van der Waals surface area (Å²) in [6.45, 7) is 3.12. The monoisotopic (exact) mass is 289 g/mol. The molecule has 2 saturated heterocycles. The molecule has 0 radical (unpaired) electrons. The second kappa shape index (κ2) is 6.14. The molecule has 0 saturated carbocycles. The molecule has 4 heteroatoms. The minimum atomic E-state index is -0.286. The number of hydrogen-bond acceptors (Lipinski definition) is 3. The molecule has 0 N–H and O–H groups in total. The normalized spacial score (nSPS) is 32.2. The summed E-state index contributed by atoms with van der Waals surface area (Å²) in [6.07, 6.45) is 8.01. The van der Waals surface area contributed by atoms with Crippen LogP contribution in [-0.4, -0.2) is 48.2 Å². The summed E-state index contributed by atoms with van der Waals surface area (Å²) in [5.74, 6) is 0.225. The molecule has 3 atom stereocenters. The van der Waals surface area contributed by atoms with Gasteiger partial charge in [0, 0.05) is 18.5 Å². The van der Waals surface area contributed by atoms with Gasteiger partial charge in [-0.15, -0.1) is 0 Å². The van der Waals surface area contributed by atoms with Crippen molar-refractivity contribution in [2.24, 2.45) is 5.92 Å². The number of pyridine rings is 1. The predicted octanol–water partition coefficient (Wildman–Crippen LogP) is 2.65. The van der Waals surface area contributed by atoms with Crippen LogP contribution in [0.2, 0.25) is 0 Å². The number of quaternary nitrogens is 1. The largest absolute Gasteiger partial charge is 0.460 e. The van der Waals surface area contributed by atoms with E-state index in [1.54, 1.807) is 12.3 Å². The van der Waals surface area contributed by atoms with E-state index in [0.717, 1.165) is 0 Å². The first-order chi connectivity index (χ1) is 10.2. The zero-order valence-electron chi connectivity index (χ0n) is 12.8. The molecule has 2 fully saturated rings. The molecule has 1 aromatic heterocycles. The van der Waals surface area contributed by atoms with E-state index < -0.39 is 0 Å². The van der Waals surface area contributed by atoms with Crippen LogP contribution in [0.1, 0.15) is 42.6 Å². The molecule has 114 valence electrons. The molecule has 2 aliphatic heterocycles. The van der Waals surface area contributed by atoms with Crippen molar-refractivity contribution in [3.05, 3.63) is 30.1 Å². The van der Waals surface area contributed by atoms with Crippen LogP contribution in [0.5, 0.6) is 0 Å². The SMILES string of the molecule is C[N+]12CCCC[C@H]1[C@@H](COC(=O)c1ccccn1)CCC2. The summed E-state index contributed by atoms with van der Waals surface area (Å²) in [4.78, 5) is 16.1. The molecule has 1 unspecified atom stereocenters. The molecule has 0 bridgehead atoms. The van der Waals surface area contributed by atoms with Crippen molar-refractivity contribution in [2.45, 2.75) is 38.1 Å². The third kappa shape index (κ3) is 3.10. The number of ether oxygens (including phenoxy) is 1. The van der Waals surface area contributed by atoms with Crippen LogP contribution >= 0.6 is 0 Å². The molecule has 0 spiro atoms. The molecular weight excluding hydrogens is 264 g/mol. The van der Waals surface area contributed by atoms with Crippen LogP contribution in [0.3, 0.4) is 0 Å². The maximum absolute atomic E-state index is 12.0. The summed E-state index contributed by atoms with van der Waals surface area (Å²) in [7, 11) is 2.39. The lowest BCUT2D eigenvalue weighted by molar-refractivity contribution is -0.947. The number of rotatable bonds is 3. The average Bonchev–Trinajstić information content (AvgIpc) is 2.52. The number of hydrogen-bond donors (Lipinski definition) is 0. The Morgan fingerprint density at radius 3 is 2.95 bits per heavy atom. The fourth-order valence-electron chi connectivity index (χ4n) is 4.17. The van der Waals surface area contributed by atoms with Crippen LogP contribution in [-0.2, 0) is 4.74 Å². The molecule has 3 heterocycles. The maximum Gasteiger partial charge on any atom is 0.356 e. The van der Waals surface area contributed by atoms with E-state index in [-0.39, 0.29) is 5.97 Å². The van der Waals surface area contributed by atoms with Gasteiger partial charge in [0.05, 0.1) is 26.2 Å². The average molecular weight is 289 g/mol. The highest BCUT2D eigenvalue weighted by Gasteiger charge is 2.43. The Bertz CT molecular complexity index is 487. The van der Waals surface area contributed by atoms with Crippen molar-refractivity contribution < 1.29 is 14.0 Å². The zero-order chi connectivity index (χ0) is 14.7. The van der Waals surface area contributed by atoms with Gasteiger partial charge < -0.3 is 9.22 Å². The van der Waals surface area contributed by atoms with Crippen LogP contribution in [0.4, 0.5) is 0 Å². The van der Waals surface area contributed by atoms with E-state index in [9.17, 15) is 4.79 Å². The number of fused-ring (bicyclic) bond motifs is 1. The van der Waals surface area contributed by atoms with E-state index in [0.29, 0.717) is 24.3 Å². The number of carbonyl (C=O) groups is 1. The van der Waals surface area contributed by atoms with Crippen molar-refractivity contribution in [3.8, 4) is 0 Å². The van der Waals surface area contributed by atoms with Crippen LogP contribution in [0.25, 0.3) is 0 Å². The number of esters is 1. The first-order valence-corrected chi connectivity index (χ1v) is 8.11. The van der Waals surface area contributed by atoms with Gasteiger partial charge in [-0.3, -0.25) is 0 Å². The van der Waals surface area contributed by atoms with Crippen molar-refractivity contribution in [3.63, 3.8) is 0 Å². The number of aromatic nitrogens is 1. The fourth-order valence-corrected chi connectivity index (χ4v) is 4.17. The van der Waals surface area contributed by atoms with Crippen LogP contribution < -0.4 is 0 Å². The lowest BCUT2D eigenvalue weighted by Gasteiger charge is -2.51. The second-order valence-corrected chi connectivity index (χ2v) is 6.71. The first-order valence-electron chi connectivity index (χ1n) is 8.11. The quantitative estimate of drug-likeness (QED) is 0.634. The smallest absolute Gasteiger partial charge is 0.356 e. The molecule has 4 nitrogen and oxygen atoms in total. The van der Waals surface area contributed by atoms with Gasteiger partial charge in [-0.2, -0.15) is 0 Å². The van der Waals surface area contributed by atoms with Gasteiger partial charge in [-0.25, -0.2) is 9.78 Å². The molecule has 21 heavy (non-hydrogen) atoms. The molecule has 2 aliphatic rings. The van der Waals surface area contributed by atoms with Gasteiger partial charge in [-0.1, -0.05) is 6.07 Å². The summed E-state index contributed by atoms with van der Waals surface area (Å²) in [5.41, 5.74) is 0.411. The Balaban J connectivity index is 1.61. The highest BCUT2D eigenvalue weighted by Crippen LogP contribution is 2.36. The Morgan fingerprint density at radius 1 is 1.29 bits per heavy atom. The van der Waals surface area contributed by atoms with E-state index in [4.69, 9.17) is 4.74 Å². The zero-order valence-corrected chi connectivity index (χ0v) is 12.8. The van der Waals surface area contributed by atoms with Gasteiger partial charge in [-0.05, 0) is 37.8 Å². The third-order valence-corrected chi connectivity index (χ3v) is 5.31. The number of nitrogens with zero attached hydrogens (tertiary/aromatic N) is 2. The van der Waals surface area contributed by atoms with Crippen molar-refractivity contribution >= 4 is 5.97 Å². The van der Waals surface area contributed by atoms with E-state index in [1.807, 2.05) is 12.1 Å². The highest BCUT2D eigenvalue weighted by atomic mass is 16.5. The third-order valence-electron chi connectivity index (χ3n) is 5.31. The number of carbonyl (C=O) groups excluding carboxylic acids is 1. The van der Waals surface area contributed by atoms with Gasteiger partial charge >= 0.3 is 5.97 Å². The molecule has 3 rings (SSSR count). The van der Waals surface area contributed by atoms with E-state index in [1.165, 1.54) is 49.7 Å². The van der Waals surface area contributed by atoms with Crippen LogP contribution in [0.15, 0.2) is 24.4 Å². The predicted molar refractivity (Wildman–Crippen MR) is 80.8 cm³/mol. The van der Waals surface area contributed by atoms with Gasteiger partial charge in [0.15, 0.2) is 0 Å². The Morgan fingerprint density at radius 2 is 2.14 bits per heavy atom. The molecule has 0 amide bonds. The Kier molecular flexibility index (Phi) is 4.24. The second-order valence-electron chi connectivity index (χ2n) is 6.71. The van der Waals surface area contributed by atoms with Gasteiger partial charge in [0.25, 0.3) is 0 Å². The summed E-state index contributed by atoms with van der Waals surface area (Å²) in [6, 6.07) is 6.01. The minimum absolute atomic E-state index is 0.286. The summed E-state index contributed by atoms with van der Waals surface area (Å²) < 4.78 is 6.74. The standard InChI is InChI=1S/C17H25N2O2/c1-19-11-5-3-9-16(19)14(7-6-12-19)13-21-17(20)15-8-2-4-10-18-15/h2,4,8,10,14,16H,3,5-7,9,11-13H2,1H3/q+1/t14-,16+,19?/m1/s1. The number of piperidine rings is 2. The summed E-state index contributed by atoms with van der Waals surface area (Å²) in [5, 5.41) is 0. The lowest BCUT2D eigenvalue weighted by atomic mass is 9.82. The minimum Gasteiger partial charge on any atom is -0.460 e. The van der Waals surface area contributed by atoms with Crippen molar-refractivity contribution in [1.82, 2.24) is 4.98 Å². The lowest BCUT2D eigenvalue weighted by Crippen LogP contribution is -2.61. The fraction of sp³-hybridized carbons (Fsp3) is 0.647. The molecular formula is C17H25N2O2+. The maximum atomic E-state index is 12.0. The topological polar surface area (TPSA) is 39.2 Å². The molecule has 0 aliphatic carbocycles. The molecule has 0 aromatic carbocycles. The van der Waals surface area contributed by atoms with Gasteiger partial charge in [0.1, 0.15) is 12.3 Å². The highest BCUT2D eigenvalue weighted by molar-refractivity contribution is 5.87. The van der Waals surface area contributed by atoms with Crippen molar-refractivity contribution in [2.75, 3.05) is 26.7 Å². The Labute approximate surface area is 126 Å². The Hall–Kier alpha value is -1.42. The van der Waals surface area contributed by atoms with E-state index >= 15 is 0 Å².